The lowest BCUT2D eigenvalue weighted by molar-refractivity contribution is 1.18. The van der Waals surface area contributed by atoms with Crippen LogP contribution in [0.1, 0.15) is 18.4 Å². The van der Waals surface area contributed by atoms with Crippen molar-refractivity contribution in [1.82, 2.24) is 0 Å². The summed E-state index contributed by atoms with van der Waals surface area (Å²) < 4.78 is 0.995. The van der Waals surface area contributed by atoms with Crippen LogP contribution in [0.4, 0.5) is 0 Å². The van der Waals surface area contributed by atoms with Gasteiger partial charge in [0.15, 0.2) is 0 Å². The Kier molecular flexibility index (Phi) is 2.62. The van der Waals surface area contributed by atoms with E-state index in [1.165, 1.54) is 12.8 Å². The second-order valence-electron chi connectivity index (χ2n) is 3.17. The summed E-state index contributed by atoms with van der Waals surface area (Å²) in [5, 5.41) is 0.725. The van der Waals surface area contributed by atoms with Gasteiger partial charge in [0.2, 0.25) is 0 Å². The van der Waals surface area contributed by atoms with Gasteiger partial charge in [-0.2, -0.15) is 0 Å². The van der Waals surface area contributed by atoms with Gasteiger partial charge in [-0.3, -0.25) is 0 Å². The lowest BCUT2D eigenvalue weighted by atomic mass is 10.2. The van der Waals surface area contributed by atoms with Crippen LogP contribution in [0.5, 0.6) is 0 Å². The zero-order chi connectivity index (χ0) is 9.26. The Bertz CT molecular complexity index is 383. The van der Waals surface area contributed by atoms with Gasteiger partial charge in [-0.25, -0.2) is 0 Å². The number of rotatable bonds is 0. The minimum atomic E-state index is 0.625. The zero-order valence-corrected chi connectivity index (χ0v) is 9.32. The quantitative estimate of drug-likeness (QED) is 0.618. The summed E-state index contributed by atoms with van der Waals surface area (Å²) in [6.07, 6.45) is 2.50. The molecule has 0 saturated heterocycles. The molecule has 1 aromatic rings. The molecule has 0 heterocycles. The highest BCUT2D eigenvalue weighted by molar-refractivity contribution is 9.10. The van der Waals surface area contributed by atoms with Crippen LogP contribution in [-0.2, 0) is 0 Å². The second kappa shape index (κ2) is 3.74. The maximum Gasteiger partial charge on any atom is 0.0573 e. The van der Waals surface area contributed by atoms with E-state index in [2.05, 4.69) is 27.8 Å². The molecule has 1 aliphatic rings. The predicted octanol–water partition coefficient (Wildman–Crippen LogP) is 3.86. The molecule has 0 amide bonds. The molecule has 0 atom stereocenters. The molecule has 1 aliphatic carbocycles. The van der Waals surface area contributed by atoms with Crippen molar-refractivity contribution in [3.63, 3.8) is 0 Å². The summed E-state index contributed by atoms with van der Waals surface area (Å²) >= 11 is 9.36. The first-order valence-corrected chi connectivity index (χ1v) is 5.39. The molecule has 0 N–H and O–H groups in total. The van der Waals surface area contributed by atoms with Gasteiger partial charge in [0.25, 0.3) is 0 Å². The van der Waals surface area contributed by atoms with Crippen LogP contribution >= 0.6 is 27.5 Å². The van der Waals surface area contributed by atoms with E-state index in [9.17, 15) is 0 Å². The van der Waals surface area contributed by atoms with E-state index >= 15 is 0 Å². The fourth-order valence-corrected chi connectivity index (χ4v) is 1.72. The van der Waals surface area contributed by atoms with E-state index < -0.39 is 0 Å². The van der Waals surface area contributed by atoms with E-state index in [0.717, 1.165) is 15.1 Å². The number of halogens is 2. The van der Waals surface area contributed by atoms with Crippen LogP contribution in [0, 0.1) is 17.8 Å². The van der Waals surface area contributed by atoms with E-state index in [0.29, 0.717) is 5.92 Å². The van der Waals surface area contributed by atoms with Crippen molar-refractivity contribution in [1.29, 1.82) is 0 Å². The summed E-state index contributed by atoms with van der Waals surface area (Å²) in [6, 6.07) is 5.78. The molecule has 0 unspecified atom stereocenters. The van der Waals surface area contributed by atoms with Crippen LogP contribution in [0.15, 0.2) is 22.7 Å². The fourth-order valence-electron chi connectivity index (χ4n) is 0.998. The molecule has 66 valence electrons. The van der Waals surface area contributed by atoms with Crippen molar-refractivity contribution in [2.24, 2.45) is 5.92 Å². The lowest BCUT2D eigenvalue weighted by Crippen LogP contribution is -1.77. The minimum absolute atomic E-state index is 0.625. The van der Waals surface area contributed by atoms with Crippen LogP contribution in [0.3, 0.4) is 0 Å². The first kappa shape index (κ1) is 9.12. The Morgan fingerprint density at radius 2 is 2.15 bits per heavy atom. The molecular formula is C11H8BrCl. The second-order valence-corrected chi connectivity index (χ2v) is 4.49. The molecule has 0 bridgehead atoms. The predicted molar refractivity (Wildman–Crippen MR) is 58.8 cm³/mol. The average molecular weight is 256 g/mol. The van der Waals surface area contributed by atoms with Crippen molar-refractivity contribution in [2.75, 3.05) is 0 Å². The minimum Gasteiger partial charge on any atom is -0.0944 e. The highest BCUT2D eigenvalue weighted by atomic mass is 79.9. The Labute approximate surface area is 91.4 Å². The van der Waals surface area contributed by atoms with Crippen molar-refractivity contribution < 1.29 is 0 Å². The van der Waals surface area contributed by atoms with Gasteiger partial charge < -0.3 is 0 Å². The maximum atomic E-state index is 6.00. The van der Waals surface area contributed by atoms with Gasteiger partial charge in [0.05, 0.1) is 5.02 Å². The molecule has 0 aromatic heterocycles. The molecule has 0 radical (unpaired) electrons. The molecular weight excluding hydrogens is 247 g/mol. The van der Waals surface area contributed by atoms with E-state index in [1.807, 2.05) is 18.2 Å². The third kappa shape index (κ3) is 2.49. The molecule has 2 heteroatoms. The Balaban J connectivity index is 2.25. The smallest absolute Gasteiger partial charge is 0.0573 e. The summed E-state index contributed by atoms with van der Waals surface area (Å²) in [6.45, 7) is 0. The van der Waals surface area contributed by atoms with Crippen molar-refractivity contribution in [3.8, 4) is 11.8 Å². The molecule has 0 aliphatic heterocycles. The normalized spacial score (nSPS) is 14.9. The highest BCUT2D eigenvalue weighted by Crippen LogP contribution is 2.28. The number of benzene rings is 1. The summed E-state index contributed by atoms with van der Waals surface area (Å²) in [7, 11) is 0. The van der Waals surface area contributed by atoms with E-state index in [1.54, 1.807) is 0 Å². The van der Waals surface area contributed by atoms with Crippen LogP contribution in [0.2, 0.25) is 5.02 Å². The van der Waals surface area contributed by atoms with Crippen molar-refractivity contribution in [2.45, 2.75) is 12.8 Å². The first-order valence-electron chi connectivity index (χ1n) is 4.22. The molecule has 1 fully saturated rings. The topological polar surface area (TPSA) is 0 Å². The largest absolute Gasteiger partial charge is 0.0944 e. The SMILES string of the molecule is Clc1cc(Br)ccc1C#CC1CC1. The number of hydrogen-bond acceptors (Lipinski definition) is 0. The van der Waals surface area contributed by atoms with Gasteiger partial charge in [0, 0.05) is 16.0 Å². The summed E-state index contributed by atoms with van der Waals surface area (Å²) in [5.41, 5.74) is 0.928. The maximum absolute atomic E-state index is 6.00. The molecule has 2 rings (SSSR count). The van der Waals surface area contributed by atoms with Crippen LogP contribution < -0.4 is 0 Å². The molecule has 0 nitrogen and oxygen atoms in total. The van der Waals surface area contributed by atoms with Gasteiger partial charge >= 0.3 is 0 Å². The lowest BCUT2D eigenvalue weighted by Gasteiger charge is -1.95. The molecule has 1 aromatic carbocycles. The van der Waals surface area contributed by atoms with E-state index in [-0.39, 0.29) is 0 Å². The fraction of sp³-hybridized carbons (Fsp3) is 0.273. The molecule has 0 spiro atoms. The van der Waals surface area contributed by atoms with E-state index in [4.69, 9.17) is 11.6 Å². The monoisotopic (exact) mass is 254 g/mol. The van der Waals surface area contributed by atoms with Gasteiger partial charge in [-0.15, -0.1) is 0 Å². The molecule has 1 saturated carbocycles. The highest BCUT2D eigenvalue weighted by Gasteiger charge is 2.17. The number of hydrogen-bond donors (Lipinski definition) is 0. The van der Waals surface area contributed by atoms with Crippen LogP contribution in [-0.4, -0.2) is 0 Å². The summed E-state index contributed by atoms with van der Waals surface area (Å²) in [5.74, 6) is 6.91. The van der Waals surface area contributed by atoms with Crippen molar-refractivity contribution in [3.05, 3.63) is 33.3 Å². The third-order valence-corrected chi connectivity index (χ3v) is 2.73. The zero-order valence-electron chi connectivity index (χ0n) is 6.98. The average Bonchev–Trinajstić information content (AvgIpc) is 2.86. The van der Waals surface area contributed by atoms with Gasteiger partial charge in [0.1, 0.15) is 0 Å². The van der Waals surface area contributed by atoms with Crippen LogP contribution in [0.25, 0.3) is 0 Å². The Morgan fingerprint density at radius 3 is 2.77 bits per heavy atom. The first-order chi connectivity index (χ1) is 6.25. The Morgan fingerprint density at radius 1 is 1.38 bits per heavy atom. The Hall–Kier alpha value is -0.450. The van der Waals surface area contributed by atoms with Crippen molar-refractivity contribution >= 4 is 27.5 Å². The molecule has 13 heavy (non-hydrogen) atoms. The van der Waals surface area contributed by atoms with Gasteiger partial charge in [-0.05, 0) is 31.0 Å². The van der Waals surface area contributed by atoms with Gasteiger partial charge in [-0.1, -0.05) is 39.4 Å². The standard InChI is InChI=1S/C11H8BrCl/c12-10-6-5-9(11(13)7-10)4-3-8-1-2-8/h5-8H,1-2H2. The summed E-state index contributed by atoms with van der Waals surface area (Å²) in [4.78, 5) is 0. The third-order valence-electron chi connectivity index (χ3n) is 1.92.